The van der Waals surface area contributed by atoms with Crippen LogP contribution in [0.1, 0.15) is 46.5 Å². The normalized spacial score (nSPS) is 28.6. The van der Waals surface area contributed by atoms with Crippen molar-refractivity contribution in [2.24, 2.45) is 11.8 Å². The second kappa shape index (κ2) is 10.3. The van der Waals surface area contributed by atoms with E-state index in [4.69, 9.17) is 0 Å². The van der Waals surface area contributed by atoms with Gasteiger partial charge in [0.15, 0.2) is 5.57 Å². The third-order valence-electron chi connectivity index (χ3n) is 6.88. The van der Waals surface area contributed by atoms with E-state index >= 15 is 0 Å². The highest BCUT2D eigenvalue weighted by Gasteiger charge is 2.30. The van der Waals surface area contributed by atoms with Crippen molar-refractivity contribution in [3.05, 3.63) is 11.4 Å². The molecule has 3 heterocycles. The van der Waals surface area contributed by atoms with Crippen molar-refractivity contribution in [1.29, 1.82) is 10.5 Å². The van der Waals surface area contributed by atoms with E-state index in [9.17, 15) is 10.5 Å². The molecule has 3 fully saturated rings. The van der Waals surface area contributed by atoms with Crippen LogP contribution in [0.5, 0.6) is 0 Å². The lowest BCUT2D eigenvalue weighted by molar-refractivity contribution is 0.130. The molecule has 3 aliphatic heterocycles. The van der Waals surface area contributed by atoms with Crippen LogP contribution in [-0.2, 0) is 0 Å². The van der Waals surface area contributed by atoms with Crippen molar-refractivity contribution >= 4 is 0 Å². The summed E-state index contributed by atoms with van der Waals surface area (Å²) in [7, 11) is 0. The summed E-state index contributed by atoms with van der Waals surface area (Å²) in [5.41, 5.74) is 0.275. The Kier molecular flexibility index (Phi) is 7.81. The van der Waals surface area contributed by atoms with Gasteiger partial charge in [0.2, 0.25) is 0 Å². The van der Waals surface area contributed by atoms with Gasteiger partial charge in [0.25, 0.3) is 0 Å². The zero-order valence-corrected chi connectivity index (χ0v) is 18.6. The van der Waals surface area contributed by atoms with Crippen LogP contribution in [0, 0.1) is 34.5 Å². The molecule has 160 valence electrons. The Balaban J connectivity index is 1.57. The van der Waals surface area contributed by atoms with Crippen LogP contribution in [-0.4, -0.2) is 84.5 Å². The number of rotatable bonds is 7. The minimum absolute atomic E-state index is 0.275. The molecule has 3 aliphatic rings. The first-order valence-electron chi connectivity index (χ1n) is 11.5. The van der Waals surface area contributed by atoms with Crippen LogP contribution < -0.4 is 0 Å². The first-order chi connectivity index (χ1) is 14.0. The van der Waals surface area contributed by atoms with Gasteiger partial charge in [-0.25, -0.2) is 0 Å². The Morgan fingerprint density at radius 2 is 1.55 bits per heavy atom. The molecule has 0 aliphatic carbocycles. The highest BCUT2D eigenvalue weighted by atomic mass is 15.4. The molecule has 0 bridgehead atoms. The number of nitrogens with zero attached hydrogens (tertiary/aromatic N) is 6. The Bertz CT molecular complexity index is 633. The van der Waals surface area contributed by atoms with Crippen LogP contribution in [0.3, 0.4) is 0 Å². The fourth-order valence-corrected chi connectivity index (χ4v) is 5.56. The van der Waals surface area contributed by atoms with E-state index < -0.39 is 0 Å². The maximum absolute atomic E-state index is 9.54. The molecule has 3 rings (SSSR count). The maximum atomic E-state index is 9.54. The van der Waals surface area contributed by atoms with Crippen molar-refractivity contribution in [3.63, 3.8) is 0 Å². The van der Waals surface area contributed by atoms with Gasteiger partial charge in [-0.3, -0.25) is 0 Å². The third-order valence-corrected chi connectivity index (χ3v) is 6.88. The lowest BCUT2D eigenvalue weighted by Gasteiger charge is -2.36. The lowest BCUT2D eigenvalue weighted by Crippen LogP contribution is -2.42. The van der Waals surface area contributed by atoms with E-state index in [1.807, 2.05) is 0 Å². The van der Waals surface area contributed by atoms with E-state index in [-0.39, 0.29) is 5.57 Å². The number of likely N-dealkylation sites (tertiary alicyclic amines) is 2. The predicted molar refractivity (Wildman–Crippen MR) is 116 cm³/mol. The molecular weight excluding hydrogens is 360 g/mol. The Morgan fingerprint density at radius 3 is 2.14 bits per heavy atom. The molecule has 0 aromatic rings. The number of hydrogen-bond acceptors (Lipinski definition) is 6. The molecule has 3 unspecified atom stereocenters. The second-order valence-electron chi connectivity index (χ2n) is 9.48. The summed E-state index contributed by atoms with van der Waals surface area (Å²) in [5.74, 6) is 2.39. The van der Waals surface area contributed by atoms with Crippen molar-refractivity contribution in [2.45, 2.75) is 52.5 Å². The highest BCUT2D eigenvalue weighted by molar-refractivity contribution is 5.40. The van der Waals surface area contributed by atoms with Gasteiger partial charge >= 0.3 is 0 Å². The number of allylic oxidation sites excluding steroid dienone is 1. The number of nitriles is 2. The minimum Gasteiger partial charge on any atom is -0.355 e. The van der Waals surface area contributed by atoms with E-state index in [0.29, 0.717) is 6.04 Å². The van der Waals surface area contributed by atoms with Gasteiger partial charge in [0.05, 0.1) is 0 Å². The molecule has 3 atom stereocenters. The summed E-state index contributed by atoms with van der Waals surface area (Å²) in [6.45, 7) is 16.4. The molecule has 0 spiro atoms. The summed E-state index contributed by atoms with van der Waals surface area (Å²) >= 11 is 0. The van der Waals surface area contributed by atoms with Crippen molar-refractivity contribution in [1.82, 2.24) is 19.6 Å². The molecule has 0 radical (unpaired) electrons. The smallest absolute Gasteiger partial charge is 0.169 e. The fraction of sp³-hybridized carbons (Fsp3) is 0.826. The molecular formula is C23H38N6. The Labute approximate surface area is 177 Å². The topological polar surface area (TPSA) is 60.5 Å². The van der Waals surface area contributed by atoms with Gasteiger partial charge < -0.3 is 19.6 Å². The van der Waals surface area contributed by atoms with Crippen LogP contribution in [0.4, 0.5) is 0 Å². The van der Waals surface area contributed by atoms with Crippen molar-refractivity contribution in [2.75, 3.05) is 58.9 Å². The van der Waals surface area contributed by atoms with Crippen molar-refractivity contribution in [3.8, 4) is 12.1 Å². The molecule has 0 N–H and O–H groups in total. The average molecular weight is 399 g/mol. The fourth-order valence-electron chi connectivity index (χ4n) is 5.56. The van der Waals surface area contributed by atoms with Crippen molar-refractivity contribution < 1.29 is 0 Å². The second-order valence-corrected chi connectivity index (χ2v) is 9.48. The first kappa shape index (κ1) is 21.9. The van der Waals surface area contributed by atoms with E-state index in [1.54, 1.807) is 0 Å². The van der Waals surface area contributed by atoms with Crippen LogP contribution in [0.25, 0.3) is 0 Å². The summed E-state index contributed by atoms with van der Waals surface area (Å²) in [4.78, 5) is 9.70. The van der Waals surface area contributed by atoms with E-state index in [2.05, 4.69) is 52.5 Å². The van der Waals surface area contributed by atoms with Gasteiger partial charge in [-0.15, -0.1) is 0 Å². The largest absolute Gasteiger partial charge is 0.355 e. The molecule has 0 aromatic heterocycles. The predicted octanol–water partition coefficient (Wildman–Crippen LogP) is 2.72. The van der Waals surface area contributed by atoms with Gasteiger partial charge in [0.1, 0.15) is 18.0 Å². The average Bonchev–Trinajstić information content (AvgIpc) is 3.27. The minimum atomic E-state index is 0.275. The third kappa shape index (κ3) is 5.65. The molecule has 0 saturated carbocycles. The van der Waals surface area contributed by atoms with Gasteiger partial charge in [-0.05, 0) is 51.0 Å². The molecule has 6 nitrogen and oxygen atoms in total. The molecule has 3 saturated heterocycles. The summed E-state index contributed by atoms with van der Waals surface area (Å²) in [5, 5.41) is 19.1. The monoisotopic (exact) mass is 398 g/mol. The van der Waals surface area contributed by atoms with Crippen LogP contribution in [0.15, 0.2) is 11.4 Å². The Hall–Kier alpha value is -1.76. The van der Waals surface area contributed by atoms with E-state index in [0.717, 1.165) is 76.4 Å². The summed E-state index contributed by atoms with van der Waals surface area (Å²) < 4.78 is 0. The summed E-state index contributed by atoms with van der Waals surface area (Å²) in [6, 6.07) is 5.01. The number of hydrogen-bond donors (Lipinski definition) is 0. The van der Waals surface area contributed by atoms with Gasteiger partial charge in [-0.1, -0.05) is 13.8 Å². The Morgan fingerprint density at radius 1 is 0.897 bits per heavy atom. The molecule has 29 heavy (non-hydrogen) atoms. The molecule has 6 heteroatoms. The lowest BCUT2D eigenvalue weighted by atomic mass is 9.92. The zero-order valence-electron chi connectivity index (χ0n) is 18.6. The quantitative estimate of drug-likeness (QED) is 0.615. The van der Waals surface area contributed by atoms with E-state index in [1.165, 1.54) is 25.8 Å². The van der Waals surface area contributed by atoms with Crippen LogP contribution >= 0.6 is 0 Å². The molecule has 0 amide bonds. The highest BCUT2D eigenvalue weighted by Crippen LogP contribution is 2.25. The first-order valence-corrected chi connectivity index (χ1v) is 11.5. The standard InChI is InChI=1S/C23H38N6/c1-19-14-20(2)18-26(17-19)10-11-29-13-12-28(23(29)22(15-24)16-25)9-5-8-27-7-4-6-21(27)3/h19-21H,4-14,17-18H2,1-3H3. The van der Waals surface area contributed by atoms with Gasteiger partial charge in [0, 0.05) is 58.4 Å². The molecule has 0 aromatic carbocycles. The zero-order chi connectivity index (χ0) is 20.8. The van der Waals surface area contributed by atoms with Gasteiger partial charge in [-0.2, -0.15) is 10.5 Å². The summed E-state index contributed by atoms with van der Waals surface area (Å²) in [6.07, 6.45) is 5.03. The maximum Gasteiger partial charge on any atom is 0.169 e. The van der Waals surface area contributed by atoms with Crippen LogP contribution in [0.2, 0.25) is 0 Å². The SMILES string of the molecule is CC1CC(C)CN(CCN2CCN(CCCN3CCCC3C)C2=C(C#N)C#N)C1. The number of piperidine rings is 1.